The number of nitrogens with zero attached hydrogens (tertiary/aromatic N) is 5. The summed E-state index contributed by atoms with van der Waals surface area (Å²) in [5.41, 5.74) is -0.444. The SMILES string of the molecule is C=C(c1nc(N[C@@H]2CC[C@H](NC(=O)c3cc(C#N)n(C)n3)C2)cc2c(N[C@@H]3CCN(C)C[C@@H]3F)cccc12)C(F)(F)F. The predicted molar refractivity (Wildman–Crippen MR) is 152 cm³/mol. The molecule has 13 heteroatoms. The smallest absolute Gasteiger partial charge is 0.379 e. The van der Waals surface area contributed by atoms with Crippen LogP contribution in [-0.2, 0) is 7.05 Å². The topological polar surface area (TPSA) is 111 Å². The number of allylic oxidation sites excluding steroid dienone is 1. The number of benzene rings is 1. The van der Waals surface area contributed by atoms with Gasteiger partial charge in [0.25, 0.3) is 5.91 Å². The molecule has 1 aliphatic heterocycles. The van der Waals surface area contributed by atoms with Gasteiger partial charge < -0.3 is 20.9 Å². The van der Waals surface area contributed by atoms with Crippen molar-refractivity contribution in [1.29, 1.82) is 5.26 Å². The lowest BCUT2D eigenvalue weighted by Crippen LogP contribution is -2.46. The van der Waals surface area contributed by atoms with Crippen LogP contribution >= 0.6 is 0 Å². The highest BCUT2D eigenvalue weighted by Crippen LogP contribution is 2.38. The zero-order chi connectivity index (χ0) is 30.2. The van der Waals surface area contributed by atoms with Gasteiger partial charge in [-0.1, -0.05) is 18.7 Å². The van der Waals surface area contributed by atoms with Crippen LogP contribution in [0.25, 0.3) is 16.3 Å². The van der Waals surface area contributed by atoms with Crippen molar-refractivity contribution >= 4 is 33.8 Å². The molecule has 9 nitrogen and oxygen atoms in total. The minimum absolute atomic E-state index is 0.136. The number of nitrogens with one attached hydrogen (secondary N) is 3. The average molecular weight is 585 g/mol. The van der Waals surface area contributed by atoms with Crippen molar-refractivity contribution in [2.45, 2.75) is 56.2 Å². The minimum atomic E-state index is -4.69. The molecular formula is C29H32F4N8O. The third kappa shape index (κ3) is 6.18. The first kappa shape index (κ1) is 29.3. The van der Waals surface area contributed by atoms with E-state index in [4.69, 9.17) is 5.26 Å². The molecule has 0 unspecified atom stereocenters. The van der Waals surface area contributed by atoms with Crippen molar-refractivity contribution in [3.8, 4) is 6.07 Å². The molecule has 2 aliphatic rings. The number of amides is 1. The number of carbonyl (C=O) groups excluding carboxylic acids is 1. The molecule has 2 fully saturated rings. The number of fused-ring (bicyclic) bond motifs is 1. The van der Waals surface area contributed by atoms with Gasteiger partial charge in [-0.3, -0.25) is 9.48 Å². The lowest BCUT2D eigenvalue weighted by molar-refractivity contribution is -0.0688. The zero-order valence-electron chi connectivity index (χ0n) is 23.3. The van der Waals surface area contributed by atoms with Crippen molar-refractivity contribution in [3.05, 3.63) is 54.0 Å². The van der Waals surface area contributed by atoms with E-state index in [1.54, 1.807) is 31.3 Å². The molecule has 0 radical (unpaired) electrons. The van der Waals surface area contributed by atoms with Crippen LogP contribution in [0.4, 0.5) is 29.1 Å². The molecule has 0 spiro atoms. The summed E-state index contributed by atoms with van der Waals surface area (Å²) < 4.78 is 57.6. The molecule has 1 aromatic carbocycles. The lowest BCUT2D eigenvalue weighted by Gasteiger charge is -2.33. The van der Waals surface area contributed by atoms with E-state index >= 15 is 0 Å². The Labute approximate surface area is 240 Å². The monoisotopic (exact) mass is 584 g/mol. The Kier molecular flexibility index (Phi) is 8.10. The molecule has 0 bridgehead atoms. The second-order valence-electron chi connectivity index (χ2n) is 11.0. The molecule has 5 rings (SSSR count). The fraction of sp³-hybridized carbons (Fsp3) is 0.448. The zero-order valence-corrected chi connectivity index (χ0v) is 23.3. The van der Waals surface area contributed by atoms with Crippen LogP contribution in [0.5, 0.6) is 0 Å². The van der Waals surface area contributed by atoms with E-state index in [1.165, 1.54) is 10.7 Å². The van der Waals surface area contributed by atoms with Crippen molar-refractivity contribution < 1.29 is 22.4 Å². The van der Waals surface area contributed by atoms with E-state index in [1.807, 2.05) is 18.0 Å². The van der Waals surface area contributed by atoms with Gasteiger partial charge in [-0.05, 0) is 44.9 Å². The van der Waals surface area contributed by atoms with Crippen molar-refractivity contribution in [2.24, 2.45) is 7.05 Å². The first-order valence-corrected chi connectivity index (χ1v) is 13.7. The first-order valence-electron chi connectivity index (χ1n) is 13.7. The number of nitriles is 1. The van der Waals surface area contributed by atoms with Gasteiger partial charge in [0, 0.05) is 54.7 Å². The Bertz CT molecular complexity index is 1540. The van der Waals surface area contributed by atoms with Crippen LogP contribution < -0.4 is 16.0 Å². The number of alkyl halides is 4. The third-order valence-electron chi connectivity index (χ3n) is 7.93. The number of likely N-dealkylation sites (tertiary alicyclic amines) is 1. The second kappa shape index (κ2) is 11.6. The van der Waals surface area contributed by atoms with Gasteiger partial charge >= 0.3 is 6.18 Å². The molecule has 42 heavy (non-hydrogen) atoms. The molecule has 3 aromatic rings. The fourth-order valence-electron chi connectivity index (χ4n) is 5.65. The predicted octanol–water partition coefficient (Wildman–Crippen LogP) is 4.63. The number of hydrogen-bond donors (Lipinski definition) is 3. The molecule has 1 amide bonds. The maximum Gasteiger partial charge on any atom is 0.417 e. The first-order chi connectivity index (χ1) is 19.9. The van der Waals surface area contributed by atoms with E-state index in [9.17, 15) is 22.4 Å². The van der Waals surface area contributed by atoms with E-state index in [-0.39, 0.29) is 46.9 Å². The van der Waals surface area contributed by atoms with E-state index < -0.39 is 29.9 Å². The van der Waals surface area contributed by atoms with Crippen LogP contribution in [0, 0.1) is 11.3 Å². The third-order valence-corrected chi connectivity index (χ3v) is 7.93. The highest BCUT2D eigenvalue weighted by atomic mass is 19.4. The Hall–Kier alpha value is -4.18. The summed E-state index contributed by atoms with van der Waals surface area (Å²) in [6.07, 6.45) is -3.48. The average Bonchev–Trinajstić information content (AvgIpc) is 3.54. The van der Waals surface area contributed by atoms with Gasteiger partial charge in [0.2, 0.25) is 0 Å². The summed E-state index contributed by atoms with van der Waals surface area (Å²) in [5, 5.41) is 23.3. The van der Waals surface area contributed by atoms with Gasteiger partial charge in [-0.25, -0.2) is 9.37 Å². The maximum atomic E-state index is 14.8. The van der Waals surface area contributed by atoms with Gasteiger partial charge in [0.05, 0.1) is 17.3 Å². The Morgan fingerprint density at radius 2 is 1.88 bits per heavy atom. The number of halogens is 4. The van der Waals surface area contributed by atoms with E-state index in [0.717, 1.165) is 0 Å². The highest BCUT2D eigenvalue weighted by Gasteiger charge is 2.36. The van der Waals surface area contributed by atoms with E-state index in [0.29, 0.717) is 43.3 Å². The van der Waals surface area contributed by atoms with Crippen LogP contribution in [-0.4, -0.2) is 76.2 Å². The highest BCUT2D eigenvalue weighted by molar-refractivity contribution is 6.01. The van der Waals surface area contributed by atoms with E-state index in [2.05, 4.69) is 32.6 Å². The fourth-order valence-corrected chi connectivity index (χ4v) is 5.65. The Balaban J connectivity index is 1.38. The number of hydrogen-bond acceptors (Lipinski definition) is 7. The molecular weight excluding hydrogens is 552 g/mol. The number of carbonyl (C=O) groups is 1. The molecule has 2 aromatic heterocycles. The molecule has 1 aliphatic carbocycles. The standard InChI is InChI=1S/C29H32F4N8O/c1-16(29(31,32)33)27-20-5-4-6-23(37-24-9-10-40(2)15-22(24)30)21(20)13-26(38-27)35-17-7-8-18(11-17)36-28(42)25-12-19(14-34)41(3)39-25/h4-6,12-13,17-18,22,24,37H,1,7-11,15H2,2-3H3,(H,35,38)(H,36,42)/t17-,18+,22+,24-/m1/s1. The van der Waals surface area contributed by atoms with Gasteiger partial charge in [-0.15, -0.1) is 0 Å². The largest absolute Gasteiger partial charge is 0.417 e. The summed E-state index contributed by atoms with van der Waals surface area (Å²) in [7, 11) is 3.43. The molecule has 3 N–H and O–H groups in total. The minimum Gasteiger partial charge on any atom is -0.379 e. The molecule has 222 valence electrons. The number of aromatic nitrogens is 3. The summed E-state index contributed by atoms with van der Waals surface area (Å²) in [5.74, 6) is -0.168. The van der Waals surface area contributed by atoms with Crippen molar-refractivity contribution in [3.63, 3.8) is 0 Å². The second-order valence-corrected chi connectivity index (χ2v) is 11.0. The van der Waals surface area contributed by atoms with Crippen LogP contribution in [0.1, 0.15) is 47.6 Å². The van der Waals surface area contributed by atoms with Crippen molar-refractivity contribution in [1.82, 2.24) is 25.0 Å². The van der Waals surface area contributed by atoms with Crippen LogP contribution in [0.15, 0.2) is 36.9 Å². The summed E-state index contributed by atoms with van der Waals surface area (Å²) >= 11 is 0. The lowest BCUT2D eigenvalue weighted by atomic mass is 10.00. The molecule has 3 heterocycles. The Morgan fingerprint density at radius 3 is 2.57 bits per heavy atom. The number of aryl methyl sites for hydroxylation is 1. The number of piperidine rings is 1. The normalized spacial score (nSPS) is 23.0. The summed E-state index contributed by atoms with van der Waals surface area (Å²) in [4.78, 5) is 18.9. The van der Waals surface area contributed by atoms with Gasteiger partial charge in [-0.2, -0.15) is 23.5 Å². The van der Waals surface area contributed by atoms with Crippen molar-refractivity contribution in [2.75, 3.05) is 30.8 Å². The summed E-state index contributed by atoms with van der Waals surface area (Å²) in [6, 6.07) is 9.12. The number of rotatable bonds is 7. The summed E-state index contributed by atoms with van der Waals surface area (Å²) in [6.45, 7) is 4.27. The quantitative estimate of drug-likeness (QED) is 0.347. The number of anilines is 2. The van der Waals surface area contributed by atoms with Gasteiger partial charge in [0.1, 0.15) is 23.8 Å². The maximum absolute atomic E-state index is 14.8. The van der Waals surface area contributed by atoms with Crippen LogP contribution in [0.3, 0.4) is 0 Å². The number of pyridine rings is 1. The molecule has 1 saturated heterocycles. The molecule has 1 saturated carbocycles. The molecule has 4 atom stereocenters. The van der Waals surface area contributed by atoms with Gasteiger partial charge in [0.15, 0.2) is 5.69 Å². The van der Waals surface area contributed by atoms with Crippen LogP contribution in [0.2, 0.25) is 0 Å². The Morgan fingerprint density at radius 1 is 1.12 bits per heavy atom.